The summed E-state index contributed by atoms with van der Waals surface area (Å²) in [6.45, 7) is 4.27. The van der Waals surface area contributed by atoms with Crippen molar-refractivity contribution in [1.29, 1.82) is 0 Å². The molecule has 1 unspecified atom stereocenters. The van der Waals surface area contributed by atoms with Crippen molar-refractivity contribution >= 4 is 17.5 Å². The van der Waals surface area contributed by atoms with Gasteiger partial charge in [0.1, 0.15) is 0 Å². The molecule has 2 heteroatoms. The van der Waals surface area contributed by atoms with Crippen molar-refractivity contribution in [3.05, 3.63) is 35.9 Å². The molecule has 0 aliphatic heterocycles. The minimum atomic E-state index is 0.0815. The normalized spacial score (nSPS) is 12.3. The first kappa shape index (κ1) is 16.3. The lowest BCUT2D eigenvalue weighted by Crippen LogP contribution is -2.13. The number of rotatable bonds is 10. The second kappa shape index (κ2) is 10.1. The summed E-state index contributed by atoms with van der Waals surface area (Å²) in [5.41, 5.74) is 0.838. The largest absolute Gasteiger partial charge is 0.293 e. The van der Waals surface area contributed by atoms with Gasteiger partial charge in [0.15, 0.2) is 5.78 Å². The van der Waals surface area contributed by atoms with Crippen LogP contribution in [0.3, 0.4) is 0 Å². The summed E-state index contributed by atoms with van der Waals surface area (Å²) in [6.07, 6.45) is 7.91. The number of Topliss-reactive ketones (excluding diaryl/α,β-unsaturated/α-hetero) is 1. The van der Waals surface area contributed by atoms with E-state index in [1.165, 1.54) is 38.5 Å². The van der Waals surface area contributed by atoms with Crippen molar-refractivity contribution in [2.45, 2.75) is 57.6 Å². The molecule has 0 saturated carbocycles. The number of ketones is 1. The van der Waals surface area contributed by atoms with Crippen molar-refractivity contribution in [1.82, 2.24) is 0 Å². The lowest BCUT2D eigenvalue weighted by atomic mass is 10.1. The zero-order valence-corrected chi connectivity index (χ0v) is 13.0. The Hall–Kier alpha value is -0.760. The van der Waals surface area contributed by atoms with Crippen molar-refractivity contribution in [3.8, 4) is 0 Å². The Morgan fingerprint density at radius 1 is 1.05 bits per heavy atom. The average molecular weight is 278 g/mol. The third-order valence-corrected chi connectivity index (χ3v) is 4.53. The monoisotopic (exact) mass is 278 g/mol. The van der Waals surface area contributed by atoms with Gasteiger partial charge in [0.05, 0.1) is 5.25 Å². The molecule has 0 aromatic heterocycles. The Bertz CT molecular complexity index is 348. The van der Waals surface area contributed by atoms with E-state index < -0.39 is 0 Å². The van der Waals surface area contributed by atoms with Gasteiger partial charge in [-0.05, 0) is 19.1 Å². The van der Waals surface area contributed by atoms with Gasteiger partial charge in [-0.1, -0.05) is 69.4 Å². The first-order valence-electron chi connectivity index (χ1n) is 7.46. The maximum atomic E-state index is 12.1. The van der Waals surface area contributed by atoms with E-state index in [2.05, 4.69) is 6.92 Å². The van der Waals surface area contributed by atoms with Crippen LogP contribution in [0.25, 0.3) is 0 Å². The van der Waals surface area contributed by atoms with Crippen LogP contribution >= 0.6 is 11.8 Å². The van der Waals surface area contributed by atoms with Gasteiger partial charge in [-0.3, -0.25) is 4.79 Å². The Balaban J connectivity index is 2.14. The fourth-order valence-corrected chi connectivity index (χ4v) is 3.07. The summed E-state index contributed by atoms with van der Waals surface area (Å²) in [5.74, 6) is 1.36. The van der Waals surface area contributed by atoms with Crippen LogP contribution in [0.1, 0.15) is 62.7 Å². The molecule has 1 atom stereocenters. The smallest absolute Gasteiger partial charge is 0.175 e. The van der Waals surface area contributed by atoms with Crippen LogP contribution in [0.5, 0.6) is 0 Å². The number of carbonyl (C=O) groups is 1. The molecule has 1 nitrogen and oxygen atoms in total. The highest BCUT2D eigenvalue weighted by Gasteiger charge is 2.14. The van der Waals surface area contributed by atoms with Gasteiger partial charge in [0.2, 0.25) is 0 Å². The fraction of sp³-hybridized carbons (Fsp3) is 0.588. The molecule has 0 aliphatic rings. The summed E-state index contributed by atoms with van der Waals surface area (Å²) in [5, 5.41) is 0.0815. The van der Waals surface area contributed by atoms with Gasteiger partial charge in [0.25, 0.3) is 0 Å². The minimum Gasteiger partial charge on any atom is -0.293 e. The van der Waals surface area contributed by atoms with E-state index in [1.807, 2.05) is 37.3 Å². The zero-order valence-electron chi connectivity index (χ0n) is 12.2. The lowest BCUT2D eigenvalue weighted by molar-refractivity contribution is 0.0994. The van der Waals surface area contributed by atoms with E-state index in [1.54, 1.807) is 11.8 Å². The molecule has 0 aliphatic carbocycles. The standard InChI is InChI=1S/C17H26OS/c1-3-4-5-6-7-11-14-19-15(2)17(18)16-12-9-8-10-13-16/h8-10,12-13,15H,3-7,11,14H2,1-2H3. The average Bonchev–Trinajstić information content (AvgIpc) is 2.46. The van der Waals surface area contributed by atoms with Crippen LogP contribution in [0.4, 0.5) is 0 Å². The van der Waals surface area contributed by atoms with Gasteiger partial charge in [-0.15, -0.1) is 0 Å². The predicted octanol–water partition coefficient (Wildman–Crippen LogP) is 5.35. The van der Waals surface area contributed by atoms with Crippen LogP contribution in [0.15, 0.2) is 30.3 Å². The van der Waals surface area contributed by atoms with Gasteiger partial charge < -0.3 is 0 Å². The zero-order chi connectivity index (χ0) is 13.9. The minimum absolute atomic E-state index is 0.0815. The van der Waals surface area contributed by atoms with Crippen LogP contribution in [-0.2, 0) is 0 Å². The Kier molecular flexibility index (Phi) is 8.64. The Morgan fingerprint density at radius 3 is 2.37 bits per heavy atom. The highest BCUT2D eigenvalue weighted by Crippen LogP contribution is 2.18. The highest BCUT2D eigenvalue weighted by molar-refractivity contribution is 8.00. The number of hydrogen-bond acceptors (Lipinski definition) is 2. The van der Waals surface area contributed by atoms with Crippen molar-refractivity contribution in [3.63, 3.8) is 0 Å². The van der Waals surface area contributed by atoms with Crippen LogP contribution in [-0.4, -0.2) is 16.8 Å². The van der Waals surface area contributed by atoms with Gasteiger partial charge in [0, 0.05) is 5.56 Å². The highest BCUT2D eigenvalue weighted by atomic mass is 32.2. The molecule has 1 rings (SSSR count). The second-order valence-corrected chi connectivity index (χ2v) is 6.46. The van der Waals surface area contributed by atoms with Crippen LogP contribution in [0, 0.1) is 0 Å². The molecular weight excluding hydrogens is 252 g/mol. The first-order valence-corrected chi connectivity index (χ1v) is 8.51. The SMILES string of the molecule is CCCCCCCCSC(C)C(=O)c1ccccc1. The predicted molar refractivity (Wildman–Crippen MR) is 86.1 cm³/mol. The summed E-state index contributed by atoms with van der Waals surface area (Å²) < 4.78 is 0. The second-order valence-electron chi connectivity index (χ2n) is 5.01. The van der Waals surface area contributed by atoms with Crippen molar-refractivity contribution < 1.29 is 4.79 Å². The third-order valence-electron chi connectivity index (χ3n) is 3.29. The Morgan fingerprint density at radius 2 is 1.68 bits per heavy atom. The van der Waals surface area contributed by atoms with Gasteiger partial charge in [-0.2, -0.15) is 11.8 Å². The molecule has 106 valence electrons. The van der Waals surface area contributed by atoms with E-state index in [4.69, 9.17) is 0 Å². The molecule has 0 fully saturated rings. The number of unbranched alkanes of at least 4 members (excludes halogenated alkanes) is 5. The number of carbonyl (C=O) groups excluding carboxylic acids is 1. The maximum Gasteiger partial charge on any atom is 0.175 e. The summed E-state index contributed by atoms with van der Waals surface area (Å²) in [4.78, 5) is 12.1. The van der Waals surface area contributed by atoms with Crippen LogP contribution < -0.4 is 0 Å². The van der Waals surface area contributed by atoms with Gasteiger partial charge >= 0.3 is 0 Å². The fourth-order valence-electron chi connectivity index (χ4n) is 2.06. The van der Waals surface area contributed by atoms with Gasteiger partial charge in [-0.25, -0.2) is 0 Å². The van der Waals surface area contributed by atoms with E-state index in [0.29, 0.717) is 0 Å². The van der Waals surface area contributed by atoms with Crippen molar-refractivity contribution in [2.24, 2.45) is 0 Å². The molecule has 0 amide bonds. The van der Waals surface area contributed by atoms with Crippen molar-refractivity contribution in [2.75, 3.05) is 5.75 Å². The Labute approximate surface area is 122 Å². The topological polar surface area (TPSA) is 17.1 Å². The summed E-state index contributed by atoms with van der Waals surface area (Å²) in [6, 6.07) is 9.62. The quantitative estimate of drug-likeness (QED) is 0.424. The summed E-state index contributed by atoms with van der Waals surface area (Å²) in [7, 11) is 0. The van der Waals surface area contributed by atoms with E-state index in [-0.39, 0.29) is 11.0 Å². The molecule has 1 aromatic carbocycles. The van der Waals surface area contributed by atoms with E-state index in [0.717, 1.165) is 11.3 Å². The maximum absolute atomic E-state index is 12.1. The third kappa shape index (κ3) is 6.81. The molecule has 0 spiro atoms. The molecule has 0 radical (unpaired) electrons. The molecule has 0 N–H and O–H groups in total. The van der Waals surface area contributed by atoms with E-state index >= 15 is 0 Å². The molecule has 0 heterocycles. The summed E-state index contributed by atoms with van der Waals surface area (Å²) >= 11 is 1.79. The lowest BCUT2D eigenvalue weighted by Gasteiger charge is -2.10. The van der Waals surface area contributed by atoms with E-state index in [9.17, 15) is 4.79 Å². The number of hydrogen-bond donors (Lipinski definition) is 0. The number of benzene rings is 1. The molecule has 0 saturated heterocycles. The molecule has 1 aromatic rings. The molecule has 0 bridgehead atoms. The van der Waals surface area contributed by atoms with Crippen LogP contribution in [0.2, 0.25) is 0 Å². The first-order chi connectivity index (χ1) is 9.25. The molecular formula is C17H26OS. The number of thioether (sulfide) groups is 1. The molecule has 19 heavy (non-hydrogen) atoms.